The highest BCUT2D eigenvalue weighted by atomic mass is 32.1. The van der Waals surface area contributed by atoms with Gasteiger partial charge in [-0.2, -0.15) is 0 Å². The Bertz CT molecular complexity index is 361. The molecule has 3 nitrogen and oxygen atoms in total. The van der Waals surface area contributed by atoms with Crippen LogP contribution in [0.3, 0.4) is 0 Å². The van der Waals surface area contributed by atoms with Crippen LogP contribution in [0.4, 0.5) is 8.78 Å². The molecule has 0 radical (unpaired) electrons. The summed E-state index contributed by atoms with van der Waals surface area (Å²) >= 11 is 1.52. The zero-order chi connectivity index (χ0) is 13.1. The monoisotopic (exact) mass is 264 g/mol. The molecular weight excluding hydrogens is 246 g/mol. The fraction of sp³-hybridized carbons (Fsp3) is 0.727. The van der Waals surface area contributed by atoms with E-state index in [1.165, 1.54) is 11.3 Å². The minimum absolute atomic E-state index is 0.0159. The van der Waals surface area contributed by atoms with E-state index in [9.17, 15) is 8.78 Å². The molecule has 0 aliphatic rings. The molecule has 2 N–H and O–H groups in total. The number of nitrogens with zero attached hydrogens (tertiary/aromatic N) is 1. The summed E-state index contributed by atoms with van der Waals surface area (Å²) in [7, 11) is 0. The number of hydrogen-bond donors (Lipinski definition) is 2. The first kappa shape index (κ1) is 14.5. The van der Waals surface area contributed by atoms with E-state index in [-0.39, 0.29) is 5.41 Å². The summed E-state index contributed by atoms with van der Waals surface area (Å²) in [6.07, 6.45) is 1.70. The molecule has 98 valence electrons. The molecule has 0 spiro atoms. The van der Waals surface area contributed by atoms with Crippen LogP contribution in [0, 0.1) is 0 Å². The maximum Gasteiger partial charge on any atom is 0.282 e. The van der Waals surface area contributed by atoms with Crippen LogP contribution in [-0.4, -0.2) is 29.2 Å². The maximum atomic E-state index is 12.7. The molecule has 17 heavy (non-hydrogen) atoms. The Morgan fingerprint density at radius 2 is 2.06 bits per heavy atom. The van der Waals surface area contributed by atoms with Crippen LogP contribution in [0.25, 0.3) is 0 Å². The molecule has 0 unspecified atom stereocenters. The number of nitrogens with one attached hydrogen (secondary N) is 1. The zero-order valence-corrected chi connectivity index (χ0v) is 11.1. The van der Waals surface area contributed by atoms with Crippen molar-refractivity contribution < 1.29 is 13.9 Å². The quantitative estimate of drug-likeness (QED) is 0.856. The summed E-state index contributed by atoms with van der Waals surface area (Å²) < 4.78 is 25.5. The van der Waals surface area contributed by atoms with Crippen LogP contribution >= 0.6 is 11.3 Å². The molecule has 0 aliphatic carbocycles. The standard InChI is InChI=1S/C11H18F2N2OS/c1-10(2,3)9-15-5-8(17-9)4-14-6-11(12,13)7-16/h5,14,16H,4,6-7H2,1-3H3. The normalized spacial score (nSPS) is 13.1. The molecule has 0 saturated heterocycles. The van der Waals surface area contributed by atoms with Gasteiger partial charge in [0.25, 0.3) is 5.92 Å². The van der Waals surface area contributed by atoms with Gasteiger partial charge in [-0.15, -0.1) is 11.3 Å². The summed E-state index contributed by atoms with van der Waals surface area (Å²) in [4.78, 5) is 5.18. The van der Waals surface area contributed by atoms with Crippen molar-refractivity contribution in [2.45, 2.75) is 38.7 Å². The van der Waals surface area contributed by atoms with Crippen molar-refractivity contribution in [3.63, 3.8) is 0 Å². The van der Waals surface area contributed by atoms with Crippen molar-refractivity contribution in [2.75, 3.05) is 13.2 Å². The molecule has 6 heteroatoms. The van der Waals surface area contributed by atoms with Crippen molar-refractivity contribution in [3.8, 4) is 0 Å². The van der Waals surface area contributed by atoms with Crippen LogP contribution < -0.4 is 5.32 Å². The first-order chi connectivity index (χ1) is 7.74. The van der Waals surface area contributed by atoms with Crippen molar-refractivity contribution in [1.29, 1.82) is 0 Å². The van der Waals surface area contributed by atoms with Gasteiger partial charge in [-0.1, -0.05) is 20.8 Å². The SMILES string of the molecule is CC(C)(C)c1ncc(CNCC(F)(F)CO)s1. The number of rotatable bonds is 5. The highest BCUT2D eigenvalue weighted by Crippen LogP contribution is 2.26. The number of hydrogen-bond acceptors (Lipinski definition) is 4. The fourth-order valence-corrected chi connectivity index (χ4v) is 2.10. The van der Waals surface area contributed by atoms with Crippen molar-refractivity contribution >= 4 is 11.3 Å². The molecule has 0 aromatic carbocycles. The van der Waals surface area contributed by atoms with E-state index in [2.05, 4.69) is 31.1 Å². The van der Waals surface area contributed by atoms with Gasteiger partial charge in [-0.3, -0.25) is 0 Å². The second-order valence-corrected chi connectivity index (χ2v) is 6.11. The van der Waals surface area contributed by atoms with E-state index >= 15 is 0 Å². The topological polar surface area (TPSA) is 45.2 Å². The minimum atomic E-state index is -3.06. The molecule has 0 saturated carbocycles. The lowest BCUT2D eigenvalue weighted by Gasteiger charge is -2.14. The predicted octanol–water partition coefficient (Wildman–Crippen LogP) is 2.16. The van der Waals surface area contributed by atoms with Gasteiger partial charge in [0, 0.05) is 23.0 Å². The van der Waals surface area contributed by atoms with Gasteiger partial charge in [0.2, 0.25) is 0 Å². The summed E-state index contributed by atoms with van der Waals surface area (Å²) in [6.45, 7) is 4.88. The van der Waals surface area contributed by atoms with Gasteiger partial charge in [-0.05, 0) is 0 Å². The first-order valence-corrected chi connectivity index (χ1v) is 6.21. The van der Waals surface area contributed by atoms with E-state index in [0.29, 0.717) is 6.54 Å². The van der Waals surface area contributed by atoms with Gasteiger partial charge in [0.15, 0.2) is 0 Å². The van der Waals surface area contributed by atoms with Crippen molar-refractivity contribution in [2.24, 2.45) is 0 Å². The van der Waals surface area contributed by atoms with Gasteiger partial charge in [0.05, 0.1) is 11.6 Å². The number of alkyl halides is 2. The molecule has 0 bridgehead atoms. The highest BCUT2D eigenvalue weighted by molar-refractivity contribution is 7.11. The maximum absolute atomic E-state index is 12.7. The van der Waals surface area contributed by atoms with Gasteiger partial charge >= 0.3 is 0 Å². The third-order valence-electron chi connectivity index (χ3n) is 2.11. The van der Waals surface area contributed by atoms with Crippen molar-refractivity contribution in [1.82, 2.24) is 10.3 Å². The Hall–Kier alpha value is -0.590. The number of aliphatic hydroxyl groups is 1. The lowest BCUT2D eigenvalue weighted by molar-refractivity contribution is -0.0477. The smallest absolute Gasteiger partial charge is 0.282 e. The molecular formula is C11H18F2N2OS. The Morgan fingerprint density at radius 3 is 2.53 bits per heavy atom. The number of thiazole rings is 1. The van der Waals surface area contributed by atoms with E-state index in [0.717, 1.165) is 9.88 Å². The lowest BCUT2D eigenvalue weighted by atomic mass is 9.98. The fourth-order valence-electron chi connectivity index (χ4n) is 1.16. The molecule has 0 fully saturated rings. The average Bonchev–Trinajstić information content (AvgIpc) is 2.66. The highest BCUT2D eigenvalue weighted by Gasteiger charge is 2.27. The molecule has 0 amide bonds. The molecule has 1 aromatic rings. The minimum Gasteiger partial charge on any atom is -0.390 e. The van der Waals surface area contributed by atoms with Crippen LogP contribution in [0.2, 0.25) is 0 Å². The predicted molar refractivity (Wildman–Crippen MR) is 64.6 cm³/mol. The summed E-state index contributed by atoms with van der Waals surface area (Å²) in [6, 6.07) is 0. The average molecular weight is 264 g/mol. The van der Waals surface area contributed by atoms with Gasteiger partial charge in [0.1, 0.15) is 6.61 Å². The van der Waals surface area contributed by atoms with E-state index in [1.807, 2.05) is 0 Å². The second kappa shape index (κ2) is 5.37. The Morgan fingerprint density at radius 1 is 1.41 bits per heavy atom. The van der Waals surface area contributed by atoms with Crippen LogP contribution in [0.15, 0.2) is 6.20 Å². The molecule has 0 atom stereocenters. The molecule has 1 aromatic heterocycles. The van der Waals surface area contributed by atoms with Crippen LogP contribution in [-0.2, 0) is 12.0 Å². The van der Waals surface area contributed by atoms with E-state index in [4.69, 9.17) is 5.11 Å². The summed E-state index contributed by atoms with van der Waals surface area (Å²) in [5.41, 5.74) is -0.0159. The van der Waals surface area contributed by atoms with Gasteiger partial charge < -0.3 is 10.4 Å². The van der Waals surface area contributed by atoms with E-state index < -0.39 is 19.1 Å². The lowest BCUT2D eigenvalue weighted by Crippen LogP contribution is -2.35. The zero-order valence-electron chi connectivity index (χ0n) is 10.3. The number of aromatic nitrogens is 1. The summed E-state index contributed by atoms with van der Waals surface area (Å²) in [5.74, 6) is -3.06. The second-order valence-electron chi connectivity index (χ2n) is 5.00. The largest absolute Gasteiger partial charge is 0.390 e. The molecule has 1 heterocycles. The van der Waals surface area contributed by atoms with E-state index in [1.54, 1.807) is 6.20 Å². The Kier molecular flexibility index (Phi) is 4.57. The third kappa shape index (κ3) is 4.65. The van der Waals surface area contributed by atoms with Crippen LogP contribution in [0.5, 0.6) is 0 Å². The molecule has 0 aliphatic heterocycles. The van der Waals surface area contributed by atoms with Gasteiger partial charge in [-0.25, -0.2) is 13.8 Å². The first-order valence-electron chi connectivity index (χ1n) is 5.39. The number of aliphatic hydroxyl groups excluding tert-OH is 1. The Labute approximate surface area is 104 Å². The number of halogens is 2. The summed E-state index contributed by atoms with van der Waals surface area (Å²) in [5, 5.41) is 12.0. The van der Waals surface area contributed by atoms with Crippen molar-refractivity contribution in [3.05, 3.63) is 16.1 Å². The van der Waals surface area contributed by atoms with Crippen LogP contribution in [0.1, 0.15) is 30.7 Å². The molecule has 1 rings (SSSR count). The third-order valence-corrected chi connectivity index (χ3v) is 3.53. The Balaban J connectivity index is 2.46.